The third-order valence-corrected chi connectivity index (χ3v) is 4.12. The number of rotatable bonds is 8. The van der Waals surface area contributed by atoms with Crippen LogP contribution in [0.5, 0.6) is 0 Å². The molecule has 0 fully saturated rings. The molecular weight excluding hydrogens is 327 g/mol. The Morgan fingerprint density at radius 2 is 1.64 bits per heavy atom. The quantitative estimate of drug-likeness (QED) is 0.603. The van der Waals surface area contributed by atoms with E-state index >= 15 is 0 Å². The average Bonchev–Trinajstić information content (AvgIpc) is 2.49. The zero-order valence-electron chi connectivity index (χ0n) is 15.7. The molecule has 1 atom stereocenters. The van der Waals surface area contributed by atoms with Crippen molar-refractivity contribution in [3.63, 3.8) is 0 Å². The molecule has 1 aromatic carbocycles. The first kappa shape index (κ1) is 21.4. The summed E-state index contributed by atoms with van der Waals surface area (Å²) in [5.41, 5.74) is 0.993. The van der Waals surface area contributed by atoms with Crippen molar-refractivity contribution >= 4 is 5.78 Å². The predicted octanol–water partition coefficient (Wildman–Crippen LogP) is 5.13. The van der Waals surface area contributed by atoms with Gasteiger partial charge in [0.05, 0.1) is 11.6 Å². The summed E-state index contributed by atoms with van der Waals surface area (Å²) in [5, 5.41) is 0. The highest BCUT2D eigenvalue weighted by molar-refractivity contribution is 5.86. The van der Waals surface area contributed by atoms with Gasteiger partial charge in [-0.1, -0.05) is 38.1 Å². The molecule has 0 saturated carbocycles. The summed E-state index contributed by atoms with van der Waals surface area (Å²) in [6.07, 6.45) is -3.96. The second kappa shape index (κ2) is 8.65. The predicted molar refractivity (Wildman–Crippen MR) is 95.4 cm³/mol. The van der Waals surface area contributed by atoms with E-state index in [-0.39, 0.29) is 23.8 Å². The monoisotopic (exact) mass is 355 g/mol. The molecule has 0 radical (unpaired) electrons. The molecule has 0 heterocycles. The molecule has 0 spiro atoms. The zero-order chi connectivity index (χ0) is 19.4. The molecule has 0 amide bonds. The smallest absolute Gasteiger partial charge is 0.298 e. The van der Waals surface area contributed by atoms with Gasteiger partial charge in [0.25, 0.3) is 0 Å². The van der Waals surface area contributed by atoms with Crippen LogP contribution in [-0.4, -0.2) is 29.3 Å². The van der Waals surface area contributed by atoms with Crippen molar-refractivity contribution in [2.75, 3.05) is 6.54 Å². The van der Waals surface area contributed by atoms with Crippen LogP contribution in [0.4, 0.5) is 13.2 Å². The molecule has 0 aromatic heterocycles. The van der Waals surface area contributed by atoms with Crippen molar-refractivity contribution in [1.29, 1.82) is 0 Å². The van der Waals surface area contributed by atoms with E-state index in [9.17, 15) is 18.0 Å². The van der Waals surface area contributed by atoms with Crippen LogP contribution in [0, 0.1) is 5.92 Å². The van der Waals surface area contributed by atoms with Crippen molar-refractivity contribution in [3.8, 4) is 0 Å². The highest BCUT2D eigenvalue weighted by atomic mass is 19.4. The first-order valence-corrected chi connectivity index (χ1v) is 8.53. The molecule has 25 heavy (non-hydrogen) atoms. The standard InChI is InChI=1S/C20H28F3NO/c1-13(2)12-24(15(5)6)18(19(25)14(3)4)11-16-7-9-17(10-8-16)20(21,22)23/h7-10,14-15,18H,1,11-12H2,2-6H3/t18-/m0/s1. The lowest BCUT2D eigenvalue weighted by Gasteiger charge is -2.35. The van der Waals surface area contributed by atoms with Crippen molar-refractivity contribution in [1.82, 2.24) is 4.90 Å². The Hall–Kier alpha value is -1.62. The molecule has 0 bridgehead atoms. The van der Waals surface area contributed by atoms with E-state index in [1.54, 1.807) is 0 Å². The summed E-state index contributed by atoms with van der Waals surface area (Å²) in [6.45, 7) is 14.1. The summed E-state index contributed by atoms with van der Waals surface area (Å²) in [5.74, 6) is -0.0549. The number of halogens is 3. The van der Waals surface area contributed by atoms with Gasteiger partial charge in [0, 0.05) is 18.5 Å². The van der Waals surface area contributed by atoms with Crippen LogP contribution in [0.1, 0.15) is 45.7 Å². The van der Waals surface area contributed by atoms with E-state index in [4.69, 9.17) is 0 Å². The van der Waals surface area contributed by atoms with Gasteiger partial charge in [-0.2, -0.15) is 13.2 Å². The van der Waals surface area contributed by atoms with E-state index in [2.05, 4.69) is 11.5 Å². The minimum atomic E-state index is -4.35. The first-order chi connectivity index (χ1) is 11.4. The number of ketones is 1. The highest BCUT2D eigenvalue weighted by Gasteiger charge is 2.32. The van der Waals surface area contributed by atoms with Crippen molar-refractivity contribution in [3.05, 3.63) is 47.5 Å². The van der Waals surface area contributed by atoms with Crippen molar-refractivity contribution in [2.45, 2.75) is 59.3 Å². The molecule has 0 aliphatic heterocycles. The summed E-state index contributed by atoms with van der Waals surface area (Å²) in [4.78, 5) is 14.8. The number of Topliss-reactive ketones (excluding diaryl/α,β-unsaturated/α-hetero) is 1. The Morgan fingerprint density at radius 1 is 1.12 bits per heavy atom. The number of hydrogen-bond acceptors (Lipinski definition) is 2. The van der Waals surface area contributed by atoms with E-state index < -0.39 is 11.7 Å². The lowest BCUT2D eigenvalue weighted by molar-refractivity contribution is -0.137. The van der Waals surface area contributed by atoms with E-state index in [1.807, 2.05) is 34.6 Å². The lowest BCUT2D eigenvalue weighted by atomic mass is 9.92. The van der Waals surface area contributed by atoms with Crippen LogP contribution in [0.25, 0.3) is 0 Å². The molecule has 0 aliphatic rings. The molecule has 2 nitrogen and oxygen atoms in total. The maximum Gasteiger partial charge on any atom is 0.416 e. The number of carbonyl (C=O) groups excluding carboxylic acids is 1. The molecule has 0 N–H and O–H groups in total. The Kier molecular flexibility index (Phi) is 7.42. The molecule has 5 heteroatoms. The number of carbonyl (C=O) groups is 1. The number of hydrogen-bond donors (Lipinski definition) is 0. The maximum absolute atomic E-state index is 12.7. The van der Waals surface area contributed by atoms with Crippen molar-refractivity contribution in [2.24, 2.45) is 5.92 Å². The van der Waals surface area contributed by atoms with Gasteiger partial charge >= 0.3 is 6.18 Å². The van der Waals surface area contributed by atoms with Crippen LogP contribution in [0.3, 0.4) is 0 Å². The second-order valence-corrected chi connectivity index (χ2v) is 7.19. The molecule has 140 valence electrons. The minimum absolute atomic E-state index is 0.0925. The highest BCUT2D eigenvalue weighted by Crippen LogP contribution is 2.29. The van der Waals surface area contributed by atoms with Crippen LogP contribution < -0.4 is 0 Å². The summed E-state index contributed by atoms with van der Waals surface area (Å²) < 4.78 is 38.2. The molecule has 0 saturated heterocycles. The number of nitrogens with zero attached hydrogens (tertiary/aromatic N) is 1. The normalized spacial score (nSPS) is 13.6. The van der Waals surface area contributed by atoms with Gasteiger partial charge in [-0.25, -0.2) is 0 Å². The Morgan fingerprint density at radius 3 is 2.00 bits per heavy atom. The van der Waals surface area contributed by atoms with Gasteiger partial charge < -0.3 is 0 Å². The summed E-state index contributed by atoms with van der Waals surface area (Å²) in [7, 11) is 0. The van der Waals surface area contributed by atoms with Gasteiger partial charge in [0.1, 0.15) is 0 Å². The third kappa shape index (κ3) is 6.31. The molecular formula is C20H28F3NO. The second-order valence-electron chi connectivity index (χ2n) is 7.19. The summed E-state index contributed by atoms with van der Waals surface area (Å²) in [6, 6.07) is 4.81. The Labute approximate surface area is 148 Å². The van der Waals surface area contributed by atoms with Gasteiger partial charge in [-0.15, -0.1) is 0 Å². The van der Waals surface area contributed by atoms with Gasteiger partial charge in [0.2, 0.25) is 0 Å². The van der Waals surface area contributed by atoms with Crippen molar-refractivity contribution < 1.29 is 18.0 Å². The van der Waals surface area contributed by atoms with Gasteiger partial charge in [-0.05, 0) is 44.9 Å². The molecule has 1 aromatic rings. The topological polar surface area (TPSA) is 20.3 Å². The van der Waals surface area contributed by atoms with Crippen LogP contribution in [0.2, 0.25) is 0 Å². The van der Waals surface area contributed by atoms with E-state index in [0.29, 0.717) is 13.0 Å². The van der Waals surface area contributed by atoms with E-state index in [1.165, 1.54) is 12.1 Å². The first-order valence-electron chi connectivity index (χ1n) is 8.53. The van der Waals surface area contributed by atoms with E-state index in [0.717, 1.165) is 23.3 Å². The zero-order valence-corrected chi connectivity index (χ0v) is 15.7. The minimum Gasteiger partial charge on any atom is -0.298 e. The largest absolute Gasteiger partial charge is 0.416 e. The van der Waals surface area contributed by atoms with Gasteiger partial charge in [-0.3, -0.25) is 9.69 Å². The third-order valence-electron chi connectivity index (χ3n) is 4.12. The van der Waals surface area contributed by atoms with Crippen LogP contribution >= 0.6 is 0 Å². The fourth-order valence-corrected chi connectivity index (χ4v) is 2.78. The number of alkyl halides is 3. The Bertz CT molecular complexity index is 588. The molecule has 0 aliphatic carbocycles. The lowest BCUT2D eigenvalue weighted by Crippen LogP contribution is -2.48. The maximum atomic E-state index is 12.7. The molecule has 1 rings (SSSR count). The fourth-order valence-electron chi connectivity index (χ4n) is 2.78. The molecule has 0 unspecified atom stereocenters. The van der Waals surface area contributed by atoms with Crippen LogP contribution in [-0.2, 0) is 17.4 Å². The SMILES string of the molecule is C=C(C)CN(C(C)C)[C@@H](Cc1ccc(C(F)(F)F)cc1)C(=O)C(C)C. The van der Waals surface area contributed by atoms with Crippen LogP contribution in [0.15, 0.2) is 36.4 Å². The Balaban J connectivity index is 3.12. The van der Waals surface area contributed by atoms with Gasteiger partial charge in [0.15, 0.2) is 5.78 Å². The summed E-state index contributed by atoms with van der Waals surface area (Å²) >= 11 is 0. The fraction of sp³-hybridized carbons (Fsp3) is 0.550. The average molecular weight is 355 g/mol. The number of benzene rings is 1.